The van der Waals surface area contributed by atoms with Crippen LogP contribution in [0.3, 0.4) is 0 Å². The maximum absolute atomic E-state index is 11.3. The predicted molar refractivity (Wildman–Crippen MR) is 53.5 cm³/mol. The molecular weight excluding hydrogens is 164 g/mol. The van der Waals surface area contributed by atoms with Gasteiger partial charge in [-0.05, 0) is 25.6 Å². The Labute approximate surface area is 80.0 Å². The van der Waals surface area contributed by atoms with E-state index in [4.69, 9.17) is 0 Å². The van der Waals surface area contributed by atoms with Crippen molar-refractivity contribution in [1.29, 1.82) is 0 Å². The second-order valence-corrected chi connectivity index (χ2v) is 3.32. The van der Waals surface area contributed by atoms with Crippen LogP contribution >= 0.6 is 0 Å². The molecule has 0 aromatic carbocycles. The molecule has 0 aliphatic carbocycles. The van der Waals surface area contributed by atoms with Crippen LogP contribution in [0.5, 0.6) is 0 Å². The van der Waals surface area contributed by atoms with E-state index in [1.807, 2.05) is 4.90 Å². The second kappa shape index (κ2) is 5.02. The highest BCUT2D eigenvalue weighted by Gasteiger charge is 2.15. The van der Waals surface area contributed by atoms with Gasteiger partial charge in [-0.1, -0.05) is 13.5 Å². The summed E-state index contributed by atoms with van der Waals surface area (Å²) in [4.78, 5) is 15.6. The number of hydrogen-bond acceptors (Lipinski definition) is 2. The molecule has 0 spiro atoms. The summed E-state index contributed by atoms with van der Waals surface area (Å²) in [7, 11) is 0. The highest BCUT2D eigenvalue weighted by molar-refractivity contribution is 5.86. The molecule has 0 atom stereocenters. The van der Waals surface area contributed by atoms with Crippen molar-refractivity contribution in [3.63, 3.8) is 0 Å². The third-order valence-electron chi connectivity index (χ3n) is 2.52. The molecule has 1 rings (SSSR count). The molecule has 0 aromatic rings. The SMILES string of the molecule is C=CC(=O)N1CCCN(CC)CC1. The van der Waals surface area contributed by atoms with E-state index < -0.39 is 0 Å². The topological polar surface area (TPSA) is 23.6 Å². The van der Waals surface area contributed by atoms with E-state index in [1.54, 1.807) is 0 Å². The maximum Gasteiger partial charge on any atom is 0.245 e. The number of amides is 1. The molecule has 74 valence electrons. The van der Waals surface area contributed by atoms with Gasteiger partial charge in [-0.2, -0.15) is 0 Å². The molecule has 1 fully saturated rings. The molecule has 3 heteroatoms. The van der Waals surface area contributed by atoms with E-state index in [2.05, 4.69) is 18.4 Å². The van der Waals surface area contributed by atoms with Crippen LogP contribution in [0, 0.1) is 0 Å². The summed E-state index contributed by atoms with van der Waals surface area (Å²) in [5.74, 6) is 0.0675. The average Bonchev–Trinajstić information content (AvgIpc) is 2.41. The molecule has 1 amide bonds. The van der Waals surface area contributed by atoms with Crippen molar-refractivity contribution in [1.82, 2.24) is 9.80 Å². The fraction of sp³-hybridized carbons (Fsp3) is 0.700. The number of hydrogen-bond donors (Lipinski definition) is 0. The van der Waals surface area contributed by atoms with Gasteiger partial charge in [0.1, 0.15) is 0 Å². The molecule has 1 saturated heterocycles. The van der Waals surface area contributed by atoms with Gasteiger partial charge >= 0.3 is 0 Å². The number of carbonyl (C=O) groups is 1. The summed E-state index contributed by atoms with van der Waals surface area (Å²) in [5.41, 5.74) is 0. The quantitative estimate of drug-likeness (QED) is 0.588. The Morgan fingerprint density at radius 3 is 2.77 bits per heavy atom. The maximum atomic E-state index is 11.3. The third-order valence-corrected chi connectivity index (χ3v) is 2.52. The zero-order chi connectivity index (χ0) is 9.68. The Bertz CT molecular complexity index is 191. The predicted octanol–water partition coefficient (Wildman–Crippen LogP) is 0.727. The molecule has 0 saturated carbocycles. The molecule has 0 aromatic heterocycles. The minimum Gasteiger partial charge on any atom is -0.338 e. The molecule has 0 radical (unpaired) electrons. The van der Waals surface area contributed by atoms with Crippen LogP contribution in [0.4, 0.5) is 0 Å². The first-order valence-electron chi connectivity index (χ1n) is 4.91. The van der Waals surface area contributed by atoms with Crippen LogP contribution in [0.2, 0.25) is 0 Å². The molecule has 3 nitrogen and oxygen atoms in total. The molecule has 1 aliphatic heterocycles. The third kappa shape index (κ3) is 2.84. The molecule has 1 heterocycles. The lowest BCUT2D eigenvalue weighted by atomic mass is 10.4. The Morgan fingerprint density at radius 2 is 2.15 bits per heavy atom. The van der Waals surface area contributed by atoms with Crippen molar-refractivity contribution in [3.8, 4) is 0 Å². The highest BCUT2D eigenvalue weighted by atomic mass is 16.2. The van der Waals surface area contributed by atoms with Gasteiger partial charge in [-0.25, -0.2) is 0 Å². The standard InChI is InChI=1S/C10H18N2O/c1-3-10(13)12-7-5-6-11(4-2)8-9-12/h3H,1,4-9H2,2H3. The van der Waals surface area contributed by atoms with E-state index in [-0.39, 0.29) is 5.91 Å². The van der Waals surface area contributed by atoms with Crippen molar-refractivity contribution < 1.29 is 4.79 Å². The molecule has 0 N–H and O–H groups in total. The van der Waals surface area contributed by atoms with Crippen LogP contribution in [0.15, 0.2) is 12.7 Å². The second-order valence-electron chi connectivity index (χ2n) is 3.32. The normalized spacial score (nSPS) is 19.6. The minimum atomic E-state index is 0.0675. The van der Waals surface area contributed by atoms with E-state index in [1.165, 1.54) is 6.08 Å². The molecule has 13 heavy (non-hydrogen) atoms. The van der Waals surface area contributed by atoms with E-state index in [0.29, 0.717) is 0 Å². The van der Waals surface area contributed by atoms with Crippen LogP contribution < -0.4 is 0 Å². The van der Waals surface area contributed by atoms with Crippen LogP contribution in [0.1, 0.15) is 13.3 Å². The Hall–Kier alpha value is -0.830. The van der Waals surface area contributed by atoms with Crippen molar-refractivity contribution in [2.24, 2.45) is 0 Å². The van der Waals surface area contributed by atoms with Crippen molar-refractivity contribution >= 4 is 5.91 Å². The van der Waals surface area contributed by atoms with Gasteiger partial charge in [0.05, 0.1) is 0 Å². The van der Waals surface area contributed by atoms with E-state index in [9.17, 15) is 4.79 Å². The fourth-order valence-electron chi connectivity index (χ4n) is 1.64. The van der Waals surface area contributed by atoms with Gasteiger partial charge in [0.2, 0.25) is 5.91 Å². The van der Waals surface area contributed by atoms with Gasteiger partial charge in [0.25, 0.3) is 0 Å². The fourth-order valence-corrected chi connectivity index (χ4v) is 1.64. The van der Waals surface area contributed by atoms with Gasteiger partial charge < -0.3 is 9.80 Å². The minimum absolute atomic E-state index is 0.0675. The summed E-state index contributed by atoms with van der Waals surface area (Å²) in [6, 6.07) is 0. The zero-order valence-corrected chi connectivity index (χ0v) is 8.33. The lowest BCUT2D eigenvalue weighted by Crippen LogP contribution is -2.33. The average molecular weight is 182 g/mol. The molecule has 1 aliphatic rings. The van der Waals surface area contributed by atoms with Crippen molar-refractivity contribution in [3.05, 3.63) is 12.7 Å². The van der Waals surface area contributed by atoms with Gasteiger partial charge in [-0.15, -0.1) is 0 Å². The Morgan fingerprint density at radius 1 is 1.38 bits per heavy atom. The van der Waals surface area contributed by atoms with Crippen LogP contribution in [-0.4, -0.2) is 48.4 Å². The highest BCUT2D eigenvalue weighted by Crippen LogP contribution is 2.02. The van der Waals surface area contributed by atoms with Crippen molar-refractivity contribution in [2.75, 3.05) is 32.7 Å². The number of likely N-dealkylation sites (N-methyl/N-ethyl adjacent to an activating group) is 1. The zero-order valence-electron chi connectivity index (χ0n) is 8.33. The van der Waals surface area contributed by atoms with Crippen molar-refractivity contribution in [2.45, 2.75) is 13.3 Å². The van der Waals surface area contributed by atoms with E-state index >= 15 is 0 Å². The first-order valence-corrected chi connectivity index (χ1v) is 4.91. The molecular formula is C10H18N2O. The van der Waals surface area contributed by atoms with E-state index in [0.717, 1.165) is 39.1 Å². The smallest absolute Gasteiger partial charge is 0.245 e. The Balaban J connectivity index is 2.44. The summed E-state index contributed by atoms with van der Waals surface area (Å²) < 4.78 is 0. The molecule has 0 bridgehead atoms. The monoisotopic (exact) mass is 182 g/mol. The number of carbonyl (C=O) groups excluding carboxylic acids is 1. The summed E-state index contributed by atoms with van der Waals surface area (Å²) in [5, 5.41) is 0. The largest absolute Gasteiger partial charge is 0.338 e. The lowest BCUT2D eigenvalue weighted by molar-refractivity contribution is -0.125. The summed E-state index contributed by atoms with van der Waals surface area (Å²) in [6.45, 7) is 10.6. The summed E-state index contributed by atoms with van der Waals surface area (Å²) in [6.07, 6.45) is 2.48. The van der Waals surface area contributed by atoms with Crippen LogP contribution in [-0.2, 0) is 4.79 Å². The first kappa shape index (κ1) is 10.3. The van der Waals surface area contributed by atoms with Gasteiger partial charge in [-0.3, -0.25) is 4.79 Å². The lowest BCUT2D eigenvalue weighted by Gasteiger charge is -2.19. The van der Waals surface area contributed by atoms with Crippen LogP contribution in [0.25, 0.3) is 0 Å². The number of rotatable bonds is 2. The number of nitrogens with zero attached hydrogens (tertiary/aromatic N) is 2. The van der Waals surface area contributed by atoms with Gasteiger partial charge in [0.15, 0.2) is 0 Å². The van der Waals surface area contributed by atoms with Gasteiger partial charge in [0, 0.05) is 19.6 Å². The first-order chi connectivity index (χ1) is 6.27. The molecule has 0 unspecified atom stereocenters. The Kier molecular flexibility index (Phi) is 3.96. The summed E-state index contributed by atoms with van der Waals surface area (Å²) >= 11 is 0.